The summed E-state index contributed by atoms with van der Waals surface area (Å²) in [6, 6.07) is 10.0. The molecule has 1 aromatic carbocycles. The van der Waals surface area contributed by atoms with E-state index in [9.17, 15) is 9.59 Å². The highest BCUT2D eigenvalue weighted by Gasteiger charge is 2.32. The number of aliphatic carboxylic acids is 1. The minimum atomic E-state index is -1.00. The molecular formula is C19H25NO3. The summed E-state index contributed by atoms with van der Waals surface area (Å²) >= 11 is 0. The molecule has 1 aromatic rings. The van der Waals surface area contributed by atoms with Crippen LogP contribution in [0.4, 0.5) is 0 Å². The van der Waals surface area contributed by atoms with E-state index >= 15 is 0 Å². The second-order valence-corrected chi connectivity index (χ2v) is 6.12. The lowest BCUT2D eigenvalue weighted by atomic mass is 10.0. The zero-order chi connectivity index (χ0) is 16.7. The van der Waals surface area contributed by atoms with E-state index in [0.717, 1.165) is 32.1 Å². The molecule has 0 aromatic heterocycles. The Morgan fingerprint density at radius 1 is 1.17 bits per heavy atom. The molecule has 0 bridgehead atoms. The van der Waals surface area contributed by atoms with Crippen molar-refractivity contribution < 1.29 is 14.7 Å². The van der Waals surface area contributed by atoms with Gasteiger partial charge in [0.1, 0.15) is 0 Å². The summed E-state index contributed by atoms with van der Waals surface area (Å²) in [5.41, 5.74) is 1.47. The molecule has 4 heteroatoms. The number of aryl methyl sites for hydroxylation is 1. The van der Waals surface area contributed by atoms with Crippen molar-refractivity contribution in [2.24, 2.45) is 0 Å². The average molecular weight is 315 g/mol. The molecule has 124 valence electrons. The largest absolute Gasteiger partial charge is 0.478 e. The predicted octanol–water partition coefficient (Wildman–Crippen LogP) is 3.42. The maximum atomic E-state index is 12.3. The molecule has 0 saturated carbocycles. The fourth-order valence-electron chi connectivity index (χ4n) is 3.14. The van der Waals surface area contributed by atoms with Crippen LogP contribution in [0.15, 0.2) is 42.5 Å². The highest BCUT2D eigenvalue weighted by atomic mass is 16.4. The molecule has 1 heterocycles. The van der Waals surface area contributed by atoms with Crippen LogP contribution in [0.1, 0.15) is 44.1 Å². The number of nitrogens with zero attached hydrogens (tertiary/aromatic N) is 1. The van der Waals surface area contributed by atoms with Crippen LogP contribution in [0.5, 0.6) is 0 Å². The SMILES string of the molecule is C=C(C(=O)O)C1CCCN1C(=O)CCCCCc1ccccc1. The topological polar surface area (TPSA) is 57.6 Å². The van der Waals surface area contributed by atoms with Gasteiger partial charge in [0.15, 0.2) is 0 Å². The summed E-state index contributed by atoms with van der Waals surface area (Å²) in [7, 11) is 0. The first-order chi connectivity index (χ1) is 11.1. The van der Waals surface area contributed by atoms with Crippen molar-refractivity contribution in [3.05, 3.63) is 48.0 Å². The molecule has 1 atom stereocenters. The van der Waals surface area contributed by atoms with Crippen molar-refractivity contribution in [2.45, 2.75) is 51.0 Å². The van der Waals surface area contributed by atoms with E-state index in [2.05, 4.69) is 18.7 Å². The standard InChI is InChI=1S/C19H25NO3/c1-15(19(22)23)17-12-8-14-20(17)18(21)13-7-3-6-11-16-9-4-2-5-10-16/h2,4-5,9-10,17H,1,3,6-8,11-14H2,(H,22,23). The number of hydrogen-bond donors (Lipinski definition) is 1. The van der Waals surface area contributed by atoms with Crippen LogP contribution in [-0.2, 0) is 16.0 Å². The molecular weight excluding hydrogens is 290 g/mol. The highest BCUT2D eigenvalue weighted by molar-refractivity contribution is 5.89. The first-order valence-corrected chi connectivity index (χ1v) is 8.35. The van der Waals surface area contributed by atoms with E-state index in [4.69, 9.17) is 5.11 Å². The van der Waals surface area contributed by atoms with Gasteiger partial charge >= 0.3 is 5.97 Å². The van der Waals surface area contributed by atoms with Crippen LogP contribution < -0.4 is 0 Å². The van der Waals surface area contributed by atoms with Gasteiger partial charge in [-0.1, -0.05) is 43.3 Å². The molecule has 1 amide bonds. The fourth-order valence-corrected chi connectivity index (χ4v) is 3.14. The van der Waals surface area contributed by atoms with Gasteiger partial charge in [-0.05, 0) is 37.7 Å². The lowest BCUT2D eigenvalue weighted by Crippen LogP contribution is -2.38. The maximum Gasteiger partial charge on any atom is 0.333 e. The molecule has 1 fully saturated rings. The molecule has 4 nitrogen and oxygen atoms in total. The van der Waals surface area contributed by atoms with E-state index in [0.29, 0.717) is 19.4 Å². The van der Waals surface area contributed by atoms with Gasteiger partial charge in [-0.15, -0.1) is 0 Å². The van der Waals surface area contributed by atoms with E-state index in [1.54, 1.807) is 4.90 Å². The zero-order valence-corrected chi connectivity index (χ0v) is 13.5. The number of carbonyl (C=O) groups is 2. The number of carboxylic acids is 1. The quantitative estimate of drug-likeness (QED) is 0.591. The van der Waals surface area contributed by atoms with E-state index in [1.807, 2.05) is 18.2 Å². The second kappa shape index (κ2) is 8.51. The van der Waals surface area contributed by atoms with Gasteiger partial charge in [-0.25, -0.2) is 4.79 Å². The van der Waals surface area contributed by atoms with Crippen LogP contribution in [0.2, 0.25) is 0 Å². The van der Waals surface area contributed by atoms with Crippen LogP contribution >= 0.6 is 0 Å². The summed E-state index contributed by atoms with van der Waals surface area (Å²) < 4.78 is 0. The lowest BCUT2D eigenvalue weighted by molar-refractivity contribution is -0.135. The number of carbonyl (C=O) groups excluding carboxylic acids is 1. The molecule has 1 aliphatic rings. The van der Waals surface area contributed by atoms with Gasteiger partial charge < -0.3 is 10.0 Å². The molecule has 0 radical (unpaired) electrons. The molecule has 0 spiro atoms. The molecule has 1 unspecified atom stereocenters. The summed E-state index contributed by atoms with van der Waals surface area (Å²) in [6.07, 6.45) is 6.05. The Morgan fingerprint density at radius 2 is 1.91 bits per heavy atom. The van der Waals surface area contributed by atoms with Crippen molar-refractivity contribution >= 4 is 11.9 Å². The van der Waals surface area contributed by atoms with E-state index in [-0.39, 0.29) is 17.5 Å². The average Bonchev–Trinajstić information content (AvgIpc) is 3.04. The van der Waals surface area contributed by atoms with Gasteiger partial charge in [0, 0.05) is 13.0 Å². The van der Waals surface area contributed by atoms with Gasteiger partial charge in [0.05, 0.1) is 11.6 Å². The second-order valence-electron chi connectivity index (χ2n) is 6.12. The number of rotatable bonds is 8. The summed E-state index contributed by atoms with van der Waals surface area (Å²) in [4.78, 5) is 25.1. The van der Waals surface area contributed by atoms with E-state index in [1.165, 1.54) is 5.56 Å². The molecule has 1 N–H and O–H groups in total. The smallest absolute Gasteiger partial charge is 0.333 e. The Bertz CT molecular complexity index is 553. The first kappa shape index (κ1) is 17.3. The number of hydrogen-bond acceptors (Lipinski definition) is 2. The van der Waals surface area contributed by atoms with Crippen LogP contribution in [0.3, 0.4) is 0 Å². The van der Waals surface area contributed by atoms with Crippen molar-refractivity contribution in [1.29, 1.82) is 0 Å². The first-order valence-electron chi connectivity index (χ1n) is 8.35. The number of unbranched alkanes of at least 4 members (excludes halogenated alkanes) is 2. The monoisotopic (exact) mass is 315 g/mol. The van der Waals surface area contributed by atoms with Crippen LogP contribution in [0, 0.1) is 0 Å². The van der Waals surface area contributed by atoms with Crippen LogP contribution in [-0.4, -0.2) is 34.5 Å². The minimum Gasteiger partial charge on any atom is -0.478 e. The summed E-state index contributed by atoms with van der Waals surface area (Å²) in [6.45, 7) is 4.27. The van der Waals surface area contributed by atoms with E-state index < -0.39 is 5.97 Å². The minimum absolute atomic E-state index is 0.0645. The third-order valence-electron chi connectivity index (χ3n) is 4.45. The summed E-state index contributed by atoms with van der Waals surface area (Å²) in [5.74, 6) is -0.938. The Kier molecular flexibility index (Phi) is 6.39. The number of amides is 1. The fraction of sp³-hybridized carbons (Fsp3) is 0.474. The number of benzene rings is 1. The van der Waals surface area contributed by atoms with Gasteiger partial charge in [0.25, 0.3) is 0 Å². The van der Waals surface area contributed by atoms with Gasteiger partial charge in [0.2, 0.25) is 5.91 Å². The van der Waals surface area contributed by atoms with Crippen molar-refractivity contribution in [2.75, 3.05) is 6.54 Å². The van der Waals surface area contributed by atoms with Crippen molar-refractivity contribution in [3.8, 4) is 0 Å². The number of carboxylic acid groups (broad SMARTS) is 1. The Morgan fingerprint density at radius 3 is 2.61 bits per heavy atom. The molecule has 0 aliphatic carbocycles. The highest BCUT2D eigenvalue weighted by Crippen LogP contribution is 2.24. The molecule has 1 saturated heterocycles. The lowest BCUT2D eigenvalue weighted by Gasteiger charge is -2.24. The van der Waals surface area contributed by atoms with Crippen LogP contribution in [0.25, 0.3) is 0 Å². The third-order valence-corrected chi connectivity index (χ3v) is 4.45. The Balaban J connectivity index is 1.70. The Hall–Kier alpha value is -2.10. The molecule has 23 heavy (non-hydrogen) atoms. The van der Waals surface area contributed by atoms with Gasteiger partial charge in [-0.2, -0.15) is 0 Å². The van der Waals surface area contributed by atoms with Crippen molar-refractivity contribution in [1.82, 2.24) is 4.90 Å². The number of likely N-dealkylation sites (tertiary alicyclic amines) is 1. The molecule has 1 aliphatic heterocycles. The third kappa shape index (κ3) is 4.95. The Labute approximate surface area is 137 Å². The van der Waals surface area contributed by atoms with Crippen molar-refractivity contribution in [3.63, 3.8) is 0 Å². The predicted molar refractivity (Wildman–Crippen MR) is 90.1 cm³/mol. The zero-order valence-electron chi connectivity index (χ0n) is 13.5. The normalized spacial score (nSPS) is 17.2. The maximum absolute atomic E-state index is 12.3. The molecule has 2 rings (SSSR count). The summed E-state index contributed by atoms with van der Waals surface area (Å²) in [5, 5.41) is 9.06. The van der Waals surface area contributed by atoms with Gasteiger partial charge in [-0.3, -0.25) is 4.79 Å².